The van der Waals surface area contributed by atoms with E-state index in [1.54, 1.807) is 24.3 Å². The molecule has 1 aliphatic heterocycles. The normalized spacial score (nSPS) is 18.8. The Hall–Kier alpha value is -1.89. The molecule has 0 spiro atoms. The second kappa shape index (κ2) is 7.56. The van der Waals surface area contributed by atoms with Crippen LogP contribution in [-0.4, -0.2) is 31.9 Å². The minimum Gasteiger partial charge on any atom is -0.322 e. The van der Waals surface area contributed by atoms with Crippen LogP contribution in [0, 0.1) is 0 Å². The first-order valence-electron chi connectivity index (χ1n) is 8.01. The topological polar surface area (TPSA) is 75.3 Å². The first kappa shape index (κ1) is 17.9. The lowest BCUT2D eigenvalue weighted by molar-refractivity contribution is 0.102. The fourth-order valence-corrected chi connectivity index (χ4v) is 4.62. The quantitative estimate of drug-likeness (QED) is 0.838. The zero-order chi connectivity index (χ0) is 17.9. The number of carbonyl (C=O) groups is 1. The summed E-state index contributed by atoms with van der Waals surface area (Å²) in [6.45, 7) is 0.560. The van der Waals surface area contributed by atoms with E-state index < -0.39 is 9.84 Å². The molecule has 1 unspecified atom stereocenters. The Labute approximate surface area is 152 Å². The first-order chi connectivity index (χ1) is 11.9. The van der Waals surface area contributed by atoms with Crippen molar-refractivity contribution in [2.75, 3.05) is 16.8 Å². The maximum atomic E-state index is 12.2. The fourth-order valence-electron chi connectivity index (χ4n) is 2.78. The maximum Gasteiger partial charge on any atom is 0.255 e. The van der Waals surface area contributed by atoms with Gasteiger partial charge in [0, 0.05) is 28.9 Å². The maximum absolute atomic E-state index is 12.2. The van der Waals surface area contributed by atoms with Crippen LogP contribution in [0.25, 0.3) is 0 Å². The third-order valence-electron chi connectivity index (χ3n) is 4.12. The van der Waals surface area contributed by atoms with Crippen molar-refractivity contribution in [3.8, 4) is 0 Å². The van der Waals surface area contributed by atoms with Crippen molar-refractivity contribution in [3.63, 3.8) is 0 Å². The second-order valence-electron chi connectivity index (χ2n) is 6.14. The lowest BCUT2D eigenvalue weighted by Crippen LogP contribution is -2.29. The average molecular weight is 379 g/mol. The van der Waals surface area contributed by atoms with Crippen molar-refractivity contribution < 1.29 is 13.2 Å². The Morgan fingerprint density at radius 3 is 2.60 bits per heavy atom. The van der Waals surface area contributed by atoms with Gasteiger partial charge in [0.25, 0.3) is 5.91 Å². The van der Waals surface area contributed by atoms with Crippen LogP contribution in [0.2, 0.25) is 5.02 Å². The molecular weight excluding hydrogens is 360 g/mol. The molecule has 1 aliphatic rings. The van der Waals surface area contributed by atoms with Crippen LogP contribution >= 0.6 is 11.6 Å². The summed E-state index contributed by atoms with van der Waals surface area (Å²) >= 11 is 5.83. The van der Waals surface area contributed by atoms with Crippen LogP contribution in [0.3, 0.4) is 0 Å². The molecule has 0 aromatic heterocycles. The number of benzene rings is 2. The van der Waals surface area contributed by atoms with Gasteiger partial charge in [0.1, 0.15) is 0 Å². The number of anilines is 1. The standard InChI is InChI=1S/C18H19ClN2O3S/c19-15-6-4-14(5-7-15)18(22)21-16-3-1-2-13(10-16)11-20-17-8-9-25(23,24)12-17/h1-7,10,17,20H,8-9,11-12H2,(H,21,22). The van der Waals surface area contributed by atoms with Gasteiger partial charge < -0.3 is 10.6 Å². The number of rotatable bonds is 5. The highest BCUT2D eigenvalue weighted by molar-refractivity contribution is 7.91. The molecule has 0 saturated carbocycles. The van der Waals surface area contributed by atoms with Gasteiger partial charge in [-0.15, -0.1) is 0 Å². The summed E-state index contributed by atoms with van der Waals surface area (Å²) < 4.78 is 23.0. The lowest BCUT2D eigenvalue weighted by Gasteiger charge is -2.12. The molecule has 1 amide bonds. The van der Waals surface area contributed by atoms with Crippen LogP contribution in [0.15, 0.2) is 48.5 Å². The van der Waals surface area contributed by atoms with E-state index >= 15 is 0 Å². The summed E-state index contributed by atoms with van der Waals surface area (Å²) in [6, 6.07) is 14.2. The van der Waals surface area contributed by atoms with Gasteiger partial charge in [-0.2, -0.15) is 0 Å². The van der Waals surface area contributed by atoms with Crippen molar-refractivity contribution in [2.24, 2.45) is 0 Å². The van der Waals surface area contributed by atoms with Crippen molar-refractivity contribution in [1.82, 2.24) is 5.32 Å². The minimum atomic E-state index is -2.89. The highest BCUT2D eigenvalue weighted by atomic mass is 35.5. The summed E-state index contributed by atoms with van der Waals surface area (Å²) in [5.74, 6) is 0.241. The van der Waals surface area contributed by atoms with Gasteiger partial charge in [-0.25, -0.2) is 8.42 Å². The Kier molecular flexibility index (Phi) is 5.42. The number of carbonyl (C=O) groups excluding carboxylic acids is 1. The monoisotopic (exact) mass is 378 g/mol. The van der Waals surface area contributed by atoms with E-state index in [9.17, 15) is 13.2 Å². The molecule has 5 nitrogen and oxygen atoms in total. The van der Waals surface area contributed by atoms with Crippen LogP contribution in [0.1, 0.15) is 22.3 Å². The molecule has 1 saturated heterocycles. The number of sulfone groups is 1. The highest BCUT2D eigenvalue weighted by Crippen LogP contribution is 2.16. The third kappa shape index (κ3) is 5.04. The van der Waals surface area contributed by atoms with Gasteiger partial charge in [-0.3, -0.25) is 4.79 Å². The Bertz CT molecular complexity index is 866. The molecule has 3 rings (SSSR count). The number of amides is 1. The number of halogens is 1. The number of nitrogens with one attached hydrogen (secondary N) is 2. The summed E-state index contributed by atoms with van der Waals surface area (Å²) in [6.07, 6.45) is 0.648. The zero-order valence-electron chi connectivity index (χ0n) is 13.5. The lowest BCUT2D eigenvalue weighted by atomic mass is 10.1. The molecule has 132 valence electrons. The number of hydrogen-bond donors (Lipinski definition) is 2. The van der Waals surface area contributed by atoms with E-state index in [2.05, 4.69) is 10.6 Å². The molecule has 1 heterocycles. The van der Waals surface area contributed by atoms with Crippen molar-refractivity contribution in [1.29, 1.82) is 0 Å². The van der Waals surface area contributed by atoms with Crippen molar-refractivity contribution in [2.45, 2.75) is 19.0 Å². The van der Waals surface area contributed by atoms with Crippen molar-refractivity contribution in [3.05, 3.63) is 64.7 Å². The minimum absolute atomic E-state index is 0.00249. The van der Waals surface area contributed by atoms with E-state index in [1.807, 2.05) is 24.3 Å². The van der Waals surface area contributed by atoms with E-state index in [4.69, 9.17) is 11.6 Å². The largest absolute Gasteiger partial charge is 0.322 e. The summed E-state index contributed by atoms with van der Waals surface area (Å²) in [7, 11) is -2.89. The van der Waals surface area contributed by atoms with E-state index in [1.165, 1.54) is 0 Å². The molecule has 0 bridgehead atoms. The van der Waals surface area contributed by atoms with Crippen molar-refractivity contribution >= 4 is 33.0 Å². The van der Waals surface area contributed by atoms with Crippen LogP contribution < -0.4 is 10.6 Å². The molecule has 25 heavy (non-hydrogen) atoms. The fraction of sp³-hybridized carbons (Fsp3) is 0.278. The Morgan fingerprint density at radius 1 is 1.16 bits per heavy atom. The Morgan fingerprint density at radius 2 is 1.92 bits per heavy atom. The second-order valence-corrected chi connectivity index (χ2v) is 8.81. The van der Waals surface area contributed by atoms with Crippen LogP contribution in [0.4, 0.5) is 5.69 Å². The summed E-state index contributed by atoms with van der Waals surface area (Å²) in [4.78, 5) is 12.2. The predicted octanol–water partition coefficient (Wildman–Crippen LogP) is 2.87. The van der Waals surface area contributed by atoms with Crippen LogP contribution in [0.5, 0.6) is 0 Å². The van der Waals surface area contributed by atoms with E-state index in [-0.39, 0.29) is 23.5 Å². The van der Waals surface area contributed by atoms with E-state index in [0.29, 0.717) is 29.2 Å². The first-order valence-corrected chi connectivity index (χ1v) is 10.2. The molecule has 2 aromatic rings. The van der Waals surface area contributed by atoms with Gasteiger partial charge in [0.05, 0.1) is 11.5 Å². The summed E-state index contributed by atoms with van der Waals surface area (Å²) in [5, 5.41) is 6.70. The molecule has 2 N–H and O–H groups in total. The summed E-state index contributed by atoms with van der Waals surface area (Å²) in [5.41, 5.74) is 2.21. The SMILES string of the molecule is O=C(Nc1cccc(CNC2CCS(=O)(=O)C2)c1)c1ccc(Cl)cc1. The molecule has 2 aromatic carbocycles. The van der Waals surface area contributed by atoms with Gasteiger partial charge >= 0.3 is 0 Å². The molecule has 0 radical (unpaired) electrons. The van der Waals surface area contributed by atoms with Crippen LogP contribution in [-0.2, 0) is 16.4 Å². The average Bonchev–Trinajstić information content (AvgIpc) is 2.93. The molecule has 7 heteroatoms. The molecule has 1 atom stereocenters. The molecular formula is C18H19ClN2O3S. The van der Waals surface area contributed by atoms with E-state index in [0.717, 1.165) is 5.56 Å². The predicted molar refractivity (Wildman–Crippen MR) is 99.7 cm³/mol. The highest BCUT2D eigenvalue weighted by Gasteiger charge is 2.27. The third-order valence-corrected chi connectivity index (χ3v) is 6.14. The molecule has 1 fully saturated rings. The molecule has 0 aliphatic carbocycles. The zero-order valence-corrected chi connectivity index (χ0v) is 15.1. The Balaban J connectivity index is 1.59. The van der Waals surface area contributed by atoms with Gasteiger partial charge in [0.15, 0.2) is 9.84 Å². The van der Waals surface area contributed by atoms with Gasteiger partial charge in [-0.05, 0) is 48.4 Å². The van der Waals surface area contributed by atoms with Gasteiger partial charge in [-0.1, -0.05) is 23.7 Å². The number of hydrogen-bond acceptors (Lipinski definition) is 4. The van der Waals surface area contributed by atoms with Gasteiger partial charge in [0.2, 0.25) is 0 Å². The smallest absolute Gasteiger partial charge is 0.255 e.